The highest BCUT2D eigenvalue weighted by Gasteiger charge is 2.26. The number of amides is 1. The number of carbonyl (C=O) groups excluding carboxylic acids is 1. The van der Waals surface area contributed by atoms with Gasteiger partial charge in [0.25, 0.3) is 0 Å². The van der Waals surface area contributed by atoms with E-state index in [2.05, 4.69) is 43.4 Å². The van der Waals surface area contributed by atoms with Crippen molar-refractivity contribution in [3.8, 4) is 0 Å². The maximum absolute atomic E-state index is 12.7. The van der Waals surface area contributed by atoms with Crippen molar-refractivity contribution in [3.63, 3.8) is 0 Å². The molecule has 1 unspecified atom stereocenters. The standard InChI is InChI=1S/C25H34N2O4S/c1-19(2)18-22-4-9-23(10-5-22)20(3)26-25(28)13-8-21-6-11-24(12-7-21)32(29,30)27-14-16-31-17-15-27/h4-7,9-12,19-20H,8,13-18H2,1-3H3,(H,26,28). The van der Waals surface area contributed by atoms with Gasteiger partial charge < -0.3 is 10.1 Å². The Morgan fingerprint density at radius 3 is 2.16 bits per heavy atom. The molecule has 0 aromatic heterocycles. The van der Waals surface area contributed by atoms with Crippen LogP contribution in [0.4, 0.5) is 0 Å². The molecule has 7 heteroatoms. The van der Waals surface area contributed by atoms with Gasteiger partial charge in [-0.3, -0.25) is 4.79 Å². The number of nitrogens with zero attached hydrogens (tertiary/aromatic N) is 1. The molecule has 3 rings (SSSR count). The van der Waals surface area contributed by atoms with Crippen molar-refractivity contribution in [1.82, 2.24) is 9.62 Å². The summed E-state index contributed by atoms with van der Waals surface area (Å²) in [4.78, 5) is 12.7. The Kier molecular flexibility index (Phi) is 8.45. The maximum atomic E-state index is 12.7. The molecule has 32 heavy (non-hydrogen) atoms. The van der Waals surface area contributed by atoms with Gasteiger partial charge in [-0.15, -0.1) is 0 Å². The first kappa shape index (κ1) is 24.4. The molecule has 2 aromatic rings. The van der Waals surface area contributed by atoms with Gasteiger partial charge >= 0.3 is 0 Å². The minimum absolute atomic E-state index is 0.0197. The van der Waals surface area contributed by atoms with Crippen LogP contribution in [0.25, 0.3) is 0 Å². The predicted molar refractivity (Wildman–Crippen MR) is 126 cm³/mol. The molecule has 1 N–H and O–H groups in total. The van der Waals surface area contributed by atoms with Crippen molar-refractivity contribution in [2.75, 3.05) is 26.3 Å². The fraction of sp³-hybridized carbons (Fsp3) is 0.480. The number of sulfonamides is 1. The van der Waals surface area contributed by atoms with E-state index in [4.69, 9.17) is 4.74 Å². The number of hydrogen-bond acceptors (Lipinski definition) is 4. The maximum Gasteiger partial charge on any atom is 0.243 e. The molecule has 1 aliphatic heterocycles. The molecule has 2 aromatic carbocycles. The number of ether oxygens (including phenoxy) is 1. The fourth-order valence-corrected chi connectivity index (χ4v) is 5.24. The fourth-order valence-electron chi connectivity index (χ4n) is 3.83. The number of aryl methyl sites for hydroxylation is 1. The highest BCUT2D eigenvalue weighted by molar-refractivity contribution is 7.89. The van der Waals surface area contributed by atoms with Crippen molar-refractivity contribution in [1.29, 1.82) is 0 Å². The molecule has 6 nitrogen and oxygen atoms in total. The molecule has 0 saturated carbocycles. The van der Waals surface area contributed by atoms with E-state index in [0.717, 1.165) is 17.5 Å². The van der Waals surface area contributed by atoms with Gasteiger partial charge in [0.1, 0.15) is 0 Å². The lowest BCUT2D eigenvalue weighted by atomic mass is 10.00. The van der Waals surface area contributed by atoms with Gasteiger partial charge in [-0.1, -0.05) is 50.2 Å². The molecular weight excluding hydrogens is 424 g/mol. The summed E-state index contributed by atoms with van der Waals surface area (Å²) < 4.78 is 32.1. The van der Waals surface area contributed by atoms with Crippen LogP contribution in [0.3, 0.4) is 0 Å². The molecule has 0 aliphatic carbocycles. The molecule has 174 valence electrons. The van der Waals surface area contributed by atoms with E-state index in [9.17, 15) is 13.2 Å². The highest BCUT2D eigenvalue weighted by atomic mass is 32.2. The first-order valence-electron chi connectivity index (χ1n) is 11.3. The number of hydrogen-bond donors (Lipinski definition) is 1. The predicted octanol–water partition coefficient (Wildman–Crippen LogP) is 3.72. The first-order valence-corrected chi connectivity index (χ1v) is 12.7. The summed E-state index contributed by atoms with van der Waals surface area (Å²) in [5, 5.41) is 3.05. The Morgan fingerprint density at radius 1 is 0.969 bits per heavy atom. The Balaban J connectivity index is 1.50. The van der Waals surface area contributed by atoms with Crippen LogP contribution >= 0.6 is 0 Å². The molecule has 1 heterocycles. The van der Waals surface area contributed by atoms with E-state index in [-0.39, 0.29) is 16.8 Å². The molecule has 0 spiro atoms. The van der Waals surface area contributed by atoms with Crippen LogP contribution in [0, 0.1) is 5.92 Å². The monoisotopic (exact) mass is 458 g/mol. The van der Waals surface area contributed by atoms with Gasteiger partial charge in [0.05, 0.1) is 24.2 Å². The van der Waals surface area contributed by atoms with Crippen LogP contribution in [0.2, 0.25) is 0 Å². The quantitative estimate of drug-likeness (QED) is 0.621. The third kappa shape index (κ3) is 6.64. The molecule has 0 radical (unpaired) electrons. The smallest absolute Gasteiger partial charge is 0.243 e. The summed E-state index contributed by atoms with van der Waals surface area (Å²) in [6.07, 6.45) is 1.96. The highest BCUT2D eigenvalue weighted by Crippen LogP contribution is 2.19. The average Bonchev–Trinajstić information content (AvgIpc) is 2.78. The van der Waals surface area contributed by atoms with Crippen LogP contribution in [0.5, 0.6) is 0 Å². The summed E-state index contributed by atoms with van der Waals surface area (Å²) in [7, 11) is -3.49. The summed E-state index contributed by atoms with van der Waals surface area (Å²) >= 11 is 0. The lowest BCUT2D eigenvalue weighted by molar-refractivity contribution is -0.121. The van der Waals surface area contributed by atoms with Crippen molar-refractivity contribution in [3.05, 3.63) is 65.2 Å². The second kappa shape index (κ2) is 11.1. The molecule has 1 amide bonds. The summed E-state index contributed by atoms with van der Waals surface area (Å²) in [6, 6.07) is 15.2. The van der Waals surface area contributed by atoms with Gasteiger partial charge in [-0.25, -0.2) is 8.42 Å². The summed E-state index contributed by atoms with van der Waals surface area (Å²) in [6.45, 7) is 7.99. The molecule has 1 atom stereocenters. The third-order valence-electron chi connectivity index (χ3n) is 5.67. The van der Waals surface area contributed by atoms with E-state index < -0.39 is 10.0 Å². The topological polar surface area (TPSA) is 75.7 Å². The Bertz CT molecular complexity index is 980. The van der Waals surface area contributed by atoms with Crippen LogP contribution in [-0.4, -0.2) is 44.9 Å². The zero-order valence-corrected chi connectivity index (χ0v) is 20.0. The number of benzene rings is 2. The number of carbonyl (C=O) groups is 1. The first-order chi connectivity index (χ1) is 15.3. The number of morpholine rings is 1. The van der Waals surface area contributed by atoms with Crippen LogP contribution < -0.4 is 5.32 Å². The zero-order chi connectivity index (χ0) is 23.1. The van der Waals surface area contributed by atoms with Crippen molar-refractivity contribution < 1.29 is 17.9 Å². The van der Waals surface area contributed by atoms with Crippen LogP contribution in [0.1, 0.15) is 49.9 Å². The lowest BCUT2D eigenvalue weighted by Crippen LogP contribution is -2.40. The van der Waals surface area contributed by atoms with Gasteiger partial charge in [-0.05, 0) is 54.5 Å². The molecular formula is C25H34N2O4S. The molecule has 1 fully saturated rings. The van der Waals surface area contributed by atoms with Gasteiger partial charge in [-0.2, -0.15) is 4.31 Å². The SMILES string of the molecule is CC(C)Cc1ccc(C(C)NC(=O)CCc2ccc(S(=O)(=O)N3CCOCC3)cc2)cc1. The molecule has 1 saturated heterocycles. The van der Waals surface area contributed by atoms with Gasteiger partial charge in [0.2, 0.25) is 15.9 Å². The van der Waals surface area contributed by atoms with Crippen molar-refractivity contribution in [2.24, 2.45) is 5.92 Å². The number of nitrogens with one attached hydrogen (secondary N) is 1. The van der Waals surface area contributed by atoms with E-state index in [1.807, 2.05) is 6.92 Å². The van der Waals surface area contributed by atoms with Crippen molar-refractivity contribution >= 4 is 15.9 Å². The van der Waals surface area contributed by atoms with Crippen LogP contribution in [0.15, 0.2) is 53.4 Å². The van der Waals surface area contributed by atoms with Crippen molar-refractivity contribution in [2.45, 2.75) is 51.0 Å². The van der Waals surface area contributed by atoms with E-state index in [1.165, 1.54) is 9.87 Å². The van der Waals surface area contributed by atoms with Gasteiger partial charge in [0.15, 0.2) is 0 Å². The normalized spacial score (nSPS) is 16.1. The second-order valence-corrected chi connectivity index (χ2v) is 10.7. The lowest BCUT2D eigenvalue weighted by Gasteiger charge is -2.26. The minimum atomic E-state index is -3.49. The van der Waals surface area contributed by atoms with E-state index in [1.54, 1.807) is 24.3 Å². The Labute approximate surface area is 192 Å². The molecule has 0 bridgehead atoms. The number of rotatable bonds is 9. The Hall–Kier alpha value is -2.22. The van der Waals surface area contributed by atoms with E-state index >= 15 is 0 Å². The zero-order valence-electron chi connectivity index (χ0n) is 19.2. The summed E-state index contributed by atoms with van der Waals surface area (Å²) in [5.41, 5.74) is 3.33. The third-order valence-corrected chi connectivity index (χ3v) is 7.59. The Morgan fingerprint density at radius 2 is 1.56 bits per heavy atom. The largest absolute Gasteiger partial charge is 0.379 e. The molecule has 1 aliphatic rings. The average molecular weight is 459 g/mol. The van der Waals surface area contributed by atoms with E-state index in [0.29, 0.717) is 45.1 Å². The second-order valence-electron chi connectivity index (χ2n) is 8.79. The van der Waals surface area contributed by atoms with Crippen LogP contribution in [-0.2, 0) is 32.4 Å². The van der Waals surface area contributed by atoms with Gasteiger partial charge in [0, 0.05) is 19.5 Å². The minimum Gasteiger partial charge on any atom is -0.379 e. The summed E-state index contributed by atoms with van der Waals surface area (Å²) in [5.74, 6) is 0.597.